The van der Waals surface area contributed by atoms with Crippen molar-refractivity contribution in [1.29, 1.82) is 0 Å². The molecule has 4 aromatic rings. The maximum atomic E-state index is 6.29. The molecule has 0 aliphatic rings. The van der Waals surface area contributed by atoms with E-state index >= 15 is 0 Å². The second-order valence-electron chi connectivity index (χ2n) is 6.14. The Kier molecular flexibility index (Phi) is 4.56. The number of rotatable bonds is 3. The quantitative estimate of drug-likeness (QED) is 0.383. The second kappa shape index (κ2) is 7.02. The maximum absolute atomic E-state index is 6.29. The number of pyridine rings is 1. The van der Waals surface area contributed by atoms with Crippen LogP contribution in [0.1, 0.15) is 11.1 Å². The highest BCUT2D eigenvalue weighted by Gasteiger charge is 2.08. The summed E-state index contributed by atoms with van der Waals surface area (Å²) < 4.78 is 1.50. The fourth-order valence-electron chi connectivity index (χ4n) is 2.74. The third-order valence-electron chi connectivity index (χ3n) is 4.13. The van der Waals surface area contributed by atoms with Crippen molar-refractivity contribution < 1.29 is 0 Å². The second-order valence-corrected chi connectivity index (χ2v) is 6.94. The third-order valence-corrected chi connectivity index (χ3v) is 4.68. The molecule has 0 amide bonds. The van der Waals surface area contributed by atoms with Gasteiger partial charge in [0.05, 0.1) is 23.6 Å². The summed E-state index contributed by atoms with van der Waals surface area (Å²) in [4.78, 5) is 8.76. The fourth-order valence-corrected chi connectivity index (χ4v) is 3.06. The maximum Gasteiger partial charge on any atom is 0.221 e. The molecule has 2 N–H and O–H groups in total. The summed E-state index contributed by atoms with van der Waals surface area (Å²) in [6.45, 7) is 2.03. The molecule has 2 aromatic carbocycles. The SMILES string of the molecule is Cc1ccc2nc(Cl)c(/C=N/n3cc(-c4ccc(Cl)cc4)nc3N)cc2c1. The lowest BCUT2D eigenvalue weighted by Gasteiger charge is -2.03. The van der Waals surface area contributed by atoms with Crippen molar-refractivity contribution in [2.45, 2.75) is 6.92 Å². The molecule has 0 aliphatic carbocycles. The average Bonchev–Trinajstić information content (AvgIpc) is 3.01. The van der Waals surface area contributed by atoms with Crippen molar-refractivity contribution in [2.24, 2.45) is 5.10 Å². The van der Waals surface area contributed by atoms with Crippen molar-refractivity contribution in [1.82, 2.24) is 14.6 Å². The summed E-state index contributed by atoms with van der Waals surface area (Å²) in [7, 11) is 0. The minimum absolute atomic E-state index is 0.275. The van der Waals surface area contributed by atoms with Gasteiger partial charge in [0, 0.05) is 21.5 Å². The summed E-state index contributed by atoms with van der Waals surface area (Å²) in [5.74, 6) is 0.275. The van der Waals surface area contributed by atoms with Crippen molar-refractivity contribution in [3.63, 3.8) is 0 Å². The number of nitrogen functional groups attached to an aromatic ring is 1. The number of fused-ring (bicyclic) bond motifs is 1. The monoisotopic (exact) mass is 395 g/mol. The molecule has 0 radical (unpaired) electrons. The first-order valence-electron chi connectivity index (χ1n) is 8.22. The Bertz CT molecular complexity index is 1160. The van der Waals surface area contributed by atoms with Crippen LogP contribution in [0.2, 0.25) is 10.2 Å². The number of hydrogen-bond acceptors (Lipinski definition) is 4. The summed E-state index contributed by atoms with van der Waals surface area (Å²) in [6.07, 6.45) is 3.38. The van der Waals surface area contributed by atoms with E-state index in [-0.39, 0.29) is 5.95 Å². The molecule has 0 spiro atoms. The van der Waals surface area contributed by atoms with Crippen LogP contribution < -0.4 is 5.73 Å². The van der Waals surface area contributed by atoms with Crippen LogP contribution in [0.5, 0.6) is 0 Å². The highest BCUT2D eigenvalue weighted by molar-refractivity contribution is 6.32. The smallest absolute Gasteiger partial charge is 0.221 e. The number of anilines is 1. The van der Waals surface area contributed by atoms with Crippen LogP contribution in [0.4, 0.5) is 5.95 Å². The zero-order chi connectivity index (χ0) is 19.0. The summed E-state index contributed by atoms with van der Waals surface area (Å²) in [5.41, 5.74) is 10.3. The van der Waals surface area contributed by atoms with Crippen LogP contribution in [0.15, 0.2) is 59.8 Å². The molecule has 0 fully saturated rings. The van der Waals surface area contributed by atoms with Crippen LogP contribution in [0.3, 0.4) is 0 Å². The van der Waals surface area contributed by atoms with Gasteiger partial charge >= 0.3 is 0 Å². The van der Waals surface area contributed by atoms with Crippen molar-refractivity contribution >= 4 is 46.3 Å². The minimum atomic E-state index is 0.275. The molecule has 0 aliphatic heterocycles. The Morgan fingerprint density at radius 2 is 1.81 bits per heavy atom. The number of halogens is 2. The van der Waals surface area contributed by atoms with Gasteiger partial charge in [-0.25, -0.2) is 14.6 Å². The minimum Gasteiger partial charge on any atom is -0.368 e. The van der Waals surface area contributed by atoms with Gasteiger partial charge in [-0.2, -0.15) is 5.10 Å². The predicted molar refractivity (Wildman–Crippen MR) is 112 cm³/mol. The van der Waals surface area contributed by atoms with E-state index in [0.29, 0.717) is 21.4 Å². The molecule has 134 valence electrons. The van der Waals surface area contributed by atoms with Crippen LogP contribution in [0, 0.1) is 6.92 Å². The zero-order valence-electron chi connectivity index (χ0n) is 14.4. The lowest BCUT2D eigenvalue weighted by Crippen LogP contribution is -1.97. The lowest BCUT2D eigenvalue weighted by atomic mass is 10.1. The van der Waals surface area contributed by atoms with Crippen molar-refractivity contribution in [2.75, 3.05) is 5.73 Å². The Balaban J connectivity index is 1.68. The van der Waals surface area contributed by atoms with Gasteiger partial charge in [-0.3, -0.25) is 0 Å². The normalized spacial score (nSPS) is 11.5. The van der Waals surface area contributed by atoms with Crippen LogP contribution in [0.25, 0.3) is 22.2 Å². The Morgan fingerprint density at radius 3 is 2.59 bits per heavy atom. The molecular formula is C20H15Cl2N5. The number of aryl methyl sites for hydroxylation is 1. The molecule has 2 heterocycles. The van der Waals surface area contributed by atoms with Gasteiger partial charge in [0.15, 0.2) is 0 Å². The number of nitrogens with two attached hydrogens (primary N) is 1. The van der Waals surface area contributed by atoms with Crippen LogP contribution in [-0.4, -0.2) is 20.9 Å². The third kappa shape index (κ3) is 3.65. The van der Waals surface area contributed by atoms with Gasteiger partial charge in [0.1, 0.15) is 5.15 Å². The molecule has 0 saturated carbocycles. The van der Waals surface area contributed by atoms with E-state index in [9.17, 15) is 0 Å². The van der Waals surface area contributed by atoms with Gasteiger partial charge in [-0.15, -0.1) is 0 Å². The van der Waals surface area contributed by atoms with E-state index in [2.05, 4.69) is 21.1 Å². The Hall–Kier alpha value is -2.89. The predicted octanol–water partition coefficient (Wildman–Crippen LogP) is 5.18. The van der Waals surface area contributed by atoms with E-state index in [1.807, 2.05) is 37.3 Å². The topological polar surface area (TPSA) is 69.1 Å². The first kappa shape index (κ1) is 17.5. The molecule has 5 nitrogen and oxygen atoms in total. The van der Waals surface area contributed by atoms with E-state index in [0.717, 1.165) is 22.0 Å². The van der Waals surface area contributed by atoms with E-state index < -0.39 is 0 Å². The highest BCUT2D eigenvalue weighted by atomic mass is 35.5. The zero-order valence-corrected chi connectivity index (χ0v) is 15.9. The molecule has 0 unspecified atom stereocenters. The number of nitrogens with zero attached hydrogens (tertiary/aromatic N) is 4. The van der Waals surface area contributed by atoms with Crippen molar-refractivity contribution in [3.8, 4) is 11.3 Å². The average molecular weight is 396 g/mol. The lowest BCUT2D eigenvalue weighted by molar-refractivity contribution is 0.898. The van der Waals surface area contributed by atoms with E-state index in [1.54, 1.807) is 24.5 Å². The van der Waals surface area contributed by atoms with Crippen molar-refractivity contribution in [3.05, 3.63) is 76.0 Å². The summed E-state index contributed by atoms with van der Waals surface area (Å²) >= 11 is 12.2. The number of imidazole rings is 1. The Labute approximate surface area is 166 Å². The first-order chi connectivity index (χ1) is 13.0. The van der Waals surface area contributed by atoms with Crippen LogP contribution >= 0.6 is 23.2 Å². The summed E-state index contributed by atoms with van der Waals surface area (Å²) in [6, 6.07) is 15.3. The molecule has 7 heteroatoms. The van der Waals surface area contributed by atoms with Gasteiger partial charge in [0.2, 0.25) is 5.95 Å². The molecule has 27 heavy (non-hydrogen) atoms. The first-order valence-corrected chi connectivity index (χ1v) is 8.97. The number of hydrogen-bond donors (Lipinski definition) is 1. The Morgan fingerprint density at radius 1 is 1.04 bits per heavy atom. The summed E-state index contributed by atoms with van der Waals surface area (Å²) in [5, 5.41) is 6.43. The number of aromatic nitrogens is 3. The van der Waals surface area contributed by atoms with Gasteiger partial charge in [0.25, 0.3) is 0 Å². The molecular weight excluding hydrogens is 381 g/mol. The largest absolute Gasteiger partial charge is 0.368 e. The van der Waals surface area contributed by atoms with Crippen LogP contribution in [-0.2, 0) is 0 Å². The van der Waals surface area contributed by atoms with E-state index in [4.69, 9.17) is 28.9 Å². The molecule has 0 atom stereocenters. The van der Waals surface area contributed by atoms with Gasteiger partial charge in [-0.05, 0) is 37.3 Å². The fraction of sp³-hybridized carbons (Fsp3) is 0.0500. The van der Waals surface area contributed by atoms with E-state index in [1.165, 1.54) is 4.68 Å². The molecule has 4 rings (SSSR count). The number of benzene rings is 2. The standard InChI is InChI=1S/C20H15Cl2N5/c1-12-2-7-17-14(8-12)9-15(19(22)25-17)10-24-27-11-18(26-20(27)23)13-3-5-16(21)6-4-13/h2-11H,1H3,(H2,23,26)/b24-10+. The molecule has 0 bridgehead atoms. The molecule has 0 saturated heterocycles. The van der Waals surface area contributed by atoms with Gasteiger partial charge in [-0.1, -0.05) is 47.0 Å². The van der Waals surface area contributed by atoms with Gasteiger partial charge < -0.3 is 5.73 Å². The highest BCUT2D eigenvalue weighted by Crippen LogP contribution is 2.23. The molecule has 2 aromatic heterocycles.